The van der Waals surface area contributed by atoms with Gasteiger partial charge < -0.3 is 0 Å². The van der Waals surface area contributed by atoms with E-state index in [1.807, 2.05) is 6.07 Å². The molecule has 0 spiro atoms. The Labute approximate surface area is 113 Å². The molecule has 100 valence electrons. The molecule has 0 aliphatic heterocycles. The third kappa shape index (κ3) is 2.83. The molecule has 2 rings (SSSR count). The first-order valence-electron chi connectivity index (χ1n) is 6.32. The van der Waals surface area contributed by atoms with Crippen molar-refractivity contribution in [2.24, 2.45) is 5.84 Å². The quantitative estimate of drug-likeness (QED) is 0.655. The third-order valence-corrected chi connectivity index (χ3v) is 3.38. The Kier molecular flexibility index (Phi) is 3.98. The fraction of sp³-hybridized carbons (Fsp3) is 0.250. The van der Waals surface area contributed by atoms with Gasteiger partial charge in [-0.1, -0.05) is 29.8 Å². The van der Waals surface area contributed by atoms with Crippen LogP contribution in [0.3, 0.4) is 0 Å². The van der Waals surface area contributed by atoms with Crippen LogP contribution in [0.15, 0.2) is 36.4 Å². The van der Waals surface area contributed by atoms with Crippen molar-refractivity contribution in [1.29, 1.82) is 0 Å². The van der Waals surface area contributed by atoms with Gasteiger partial charge in [0.05, 0.1) is 6.04 Å². The number of hydrogen-bond acceptors (Lipinski definition) is 2. The Morgan fingerprint density at radius 1 is 1.05 bits per heavy atom. The smallest absolute Gasteiger partial charge is 0.123 e. The molecule has 0 radical (unpaired) electrons. The standard InChI is InChI=1S/C16H19FN2/c1-10-7-11(2)15(12(3)8-10)16(19-18)13-5-4-6-14(17)9-13/h4-9,16,19H,18H2,1-3H3. The zero-order valence-electron chi connectivity index (χ0n) is 11.5. The van der Waals surface area contributed by atoms with Crippen LogP contribution in [0.1, 0.15) is 33.9 Å². The van der Waals surface area contributed by atoms with Gasteiger partial charge >= 0.3 is 0 Å². The Bertz CT molecular complexity index is 570. The normalized spacial score (nSPS) is 12.5. The molecule has 0 amide bonds. The minimum absolute atomic E-state index is 0.198. The average Bonchev–Trinajstić information content (AvgIpc) is 2.33. The lowest BCUT2D eigenvalue weighted by Gasteiger charge is -2.22. The van der Waals surface area contributed by atoms with E-state index >= 15 is 0 Å². The summed E-state index contributed by atoms with van der Waals surface area (Å²) in [5.74, 6) is 5.44. The van der Waals surface area contributed by atoms with Crippen molar-refractivity contribution >= 4 is 0 Å². The van der Waals surface area contributed by atoms with Gasteiger partial charge in [-0.2, -0.15) is 0 Å². The number of benzene rings is 2. The predicted molar refractivity (Wildman–Crippen MR) is 76.2 cm³/mol. The zero-order chi connectivity index (χ0) is 14.0. The Morgan fingerprint density at radius 3 is 2.21 bits per heavy atom. The van der Waals surface area contributed by atoms with Crippen LogP contribution in [-0.4, -0.2) is 0 Å². The summed E-state index contributed by atoms with van der Waals surface area (Å²) in [4.78, 5) is 0. The monoisotopic (exact) mass is 258 g/mol. The lowest BCUT2D eigenvalue weighted by Crippen LogP contribution is -2.30. The zero-order valence-corrected chi connectivity index (χ0v) is 11.5. The van der Waals surface area contributed by atoms with Gasteiger partial charge in [0, 0.05) is 0 Å². The molecule has 2 nitrogen and oxygen atoms in total. The number of nitrogens with two attached hydrogens (primary N) is 1. The fourth-order valence-corrected chi connectivity index (χ4v) is 2.68. The van der Waals surface area contributed by atoms with E-state index in [4.69, 9.17) is 5.84 Å². The van der Waals surface area contributed by atoms with Gasteiger partial charge in [0.15, 0.2) is 0 Å². The van der Waals surface area contributed by atoms with E-state index in [0.717, 1.165) is 22.3 Å². The van der Waals surface area contributed by atoms with Crippen molar-refractivity contribution in [3.63, 3.8) is 0 Å². The van der Waals surface area contributed by atoms with Crippen LogP contribution in [0.4, 0.5) is 4.39 Å². The van der Waals surface area contributed by atoms with Gasteiger partial charge in [-0.05, 0) is 55.2 Å². The Hall–Kier alpha value is -1.71. The van der Waals surface area contributed by atoms with Crippen LogP contribution in [0.25, 0.3) is 0 Å². The molecule has 0 heterocycles. The van der Waals surface area contributed by atoms with Crippen molar-refractivity contribution in [2.75, 3.05) is 0 Å². The van der Waals surface area contributed by atoms with E-state index in [0.29, 0.717) is 0 Å². The highest BCUT2D eigenvalue weighted by Gasteiger charge is 2.17. The van der Waals surface area contributed by atoms with Gasteiger partial charge in [0.2, 0.25) is 0 Å². The molecule has 0 saturated heterocycles. The summed E-state index contributed by atoms with van der Waals surface area (Å²) in [6, 6.07) is 10.6. The number of aryl methyl sites for hydroxylation is 3. The lowest BCUT2D eigenvalue weighted by molar-refractivity contribution is 0.602. The lowest BCUT2D eigenvalue weighted by atomic mass is 9.90. The Balaban J connectivity index is 2.54. The molecular formula is C16H19FN2. The summed E-state index contributed by atoms with van der Waals surface area (Å²) in [5.41, 5.74) is 8.27. The van der Waals surface area contributed by atoms with Crippen molar-refractivity contribution < 1.29 is 4.39 Å². The minimum Gasteiger partial charge on any atom is -0.271 e. The van der Waals surface area contributed by atoms with E-state index in [1.165, 1.54) is 17.7 Å². The van der Waals surface area contributed by atoms with Crippen molar-refractivity contribution in [2.45, 2.75) is 26.8 Å². The molecule has 2 aromatic rings. The van der Waals surface area contributed by atoms with Gasteiger partial charge in [0.1, 0.15) is 5.82 Å². The highest BCUT2D eigenvalue weighted by molar-refractivity contribution is 5.44. The summed E-state index contributed by atoms with van der Waals surface area (Å²) in [5, 5.41) is 0. The van der Waals surface area contributed by atoms with E-state index < -0.39 is 0 Å². The highest BCUT2D eigenvalue weighted by Crippen LogP contribution is 2.28. The molecule has 0 aliphatic rings. The van der Waals surface area contributed by atoms with Gasteiger partial charge in [-0.15, -0.1) is 0 Å². The van der Waals surface area contributed by atoms with Crippen LogP contribution < -0.4 is 11.3 Å². The predicted octanol–water partition coefficient (Wildman–Crippen LogP) is 3.30. The Morgan fingerprint density at radius 2 is 1.68 bits per heavy atom. The average molecular weight is 258 g/mol. The van der Waals surface area contributed by atoms with Crippen LogP contribution in [0.2, 0.25) is 0 Å². The second-order valence-electron chi connectivity index (χ2n) is 4.97. The largest absolute Gasteiger partial charge is 0.271 e. The van der Waals surface area contributed by atoms with Gasteiger partial charge in [-0.3, -0.25) is 5.84 Å². The molecule has 3 heteroatoms. The van der Waals surface area contributed by atoms with Crippen LogP contribution in [0, 0.1) is 26.6 Å². The fourth-order valence-electron chi connectivity index (χ4n) is 2.68. The van der Waals surface area contributed by atoms with E-state index in [2.05, 4.69) is 38.3 Å². The second kappa shape index (κ2) is 5.51. The molecule has 0 aliphatic carbocycles. The summed E-state index contributed by atoms with van der Waals surface area (Å²) in [7, 11) is 0. The summed E-state index contributed by atoms with van der Waals surface area (Å²) >= 11 is 0. The number of halogens is 1. The molecule has 0 aromatic heterocycles. The number of hydrogen-bond donors (Lipinski definition) is 2. The third-order valence-electron chi connectivity index (χ3n) is 3.38. The molecule has 0 fully saturated rings. The maximum atomic E-state index is 13.4. The van der Waals surface area contributed by atoms with Crippen LogP contribution in [-0.2, 0) is 0 Å². The summed E-state index contributed by atoms with van der Waals surface area (Å²) in [6.07, 6.45) is 0. The van der Waals surface area contributed by atoms with E-state index in [-0.39, 0.29) is 11.9 Å². The highest BCUT2D eigenvalue weighted by atomic mass is 19.1. The molecule has 0 bridgehead atoms. The van der Waals surface area contributed by atoms with Crippen LogP contribution >= 0.6 is 0 Å². The molecule has 3 N–H and O–H groups in total. The summed E-state index contributed by atoms with van der Waals surface area (Å²) in [6.45, 7) is 6.18. The summed E-state index contributed by atoms with van der Waals surface area (Å²) < 4.78 is 13.4. The molecule has 1 unspecified atom stereocenters. The SMILES string of the molecule is Cc1cc(C)c(C(NN)c2cccc(F)c2)c(C)c1. The van der Waals surface area contributed by atoms with E-state index in [9.17, 15) is 4.39 Å². The van der Waals surface area contributed by atoms with Crippen LogP contribution in [0.5, 0.6) is 0 Å². The molecule has 1 atom stereocenters. The molecular weight excluding hydrogens is 239 g/mol. The first-order chi connectivity index (χ1) is 9.02. The van der Waals surface area contributed by atoms with Crippen molar-refractivity contribution in [1.82, 2.24) is 5.43 Å². The van der Waals surface area contributed by atoms with Gasteiger partial charge in [-0.25, -0.2) is 9.82 Å². The van der Waals surface area contributed by atoms with Gasteiger partial charge in [0.25, 0.3) is 0 Å². The van der Waals surface area contributed by atoms with Crippen molar-refractivity contribution in [3.05, 3.63) is 70.0 Å². The topological polar surface area (TPSA) is 38.0 Å². The van der Waals surface area contributed by atoms with Crippen molar-refractivity contribution in [3.8, 4) is 0 Å². The number of hydrazine groups is 1. The molecule has 2 aromatic carbocycles. The maximum absolute atomic E-state index is 13.4. The second-order valence-corrected chi connectivity index (χ2v) is 4.97. The van der Waals surface area contributed by atoms with E-state index in [1.54, 1.807) is 6.07 Å². The molecule has 19 heavy (non-hydrogen) atoms. The first-order valence-corrected chi connectivity index (χ1v) is 6.32. The molecule has 0 saturated carbocycles. The number of nitrogens with one attached hydrogen (secondary N) is 1. The number of rotatable bonds is 3. The maximum Gasteiger partial charge on any atom is 0.123 e. The first kappa shape index (κ1) is 13.7. The minimum atomic E-state index is -0.250.